The number of rotatable bonds is 13. The summed E-state index contributed by atoms with van der Waals surface area (Å²) in [5.41, 5.74) is -0.689. The van der Waals surface area contributed by atoms with E-state index in [0.717, 1.165) is 0 Å². The van der Waals surface area contributed by atoms with Gasteiger partial charge in [-0.25, -0.2) is 27.7 Å². The molecule has 4 atom stereocenters. The third-order valence-electron chi connectivity index (χ3n) is 8.44. The second-order valence-electron chi connectivity index (χ2n) is 11.8. The molecule has 11 nitrogen and oxygen atoms in total. The van der Waals surface area contributed by atoms with E-state index < -0.39 is 53.9 Å². The highest BCUT2D eigenvalue weighted by molar-refractivity contribution is 7.11. The first-order valence-electron chi connectivity index (χ1n) is 15.3. The maximum Gasteiger partial charge on any atom is 0.338 e. The number of fused-ring (bicyclic) bond motifs is 1. The number of ether oxygens (including phenoxy) is 2. The van der Waals surface area contributed by atoms with Gasteiger partial charge >= 0.3 is 11.9 Å². The van der Waals surface area contributed by atoms with Gasteiger partial charge in [-0.1, -0.05) is 24.8 Å². The van der Waals surface area contributed by atoms with Gasteiger partial charge in [-0.3, -0.25) is 14.7 Å². The number of amidine groups is 1. The standard InChI is InChI=1S/C32H38F3N5O6S/c1-5-14-45-30(42)31(4,43)11-8-13-40-26-23(17-46-40)39(18-32(26,34)35)16-22-24(29(41)44-6-2)25(20-9-7-10-21(33)19(20)3)38-27(37-22)28-36-12-15-47-28/h5,7,9-10,12,15,23,25-26,43H,1,6,8,11,13-14,16-18H2,2-4H3,(H,37,38)/t23-,25+,26+,31?/m1/s1. The Morgan fingerprint density at radius 2 is 2.13 bits per heavy atom. The number of carbonyl (C=O) groups is 2. The summed E-state index contributed by atoms with van der Waals surface area (Å²) in [4.78, 5) is 42.1. The van der Waals surface area contributed by atoms with E-state index in [4.69, 9.17) is 19.3 Å². The molecule has 5 rings (SSSR count). The summed E-state index contributed by atoms with van der Waals surface area (Å²) in [6.45, 7) is 7.28. The lowest BCUT2D eigenvalue weighted by molar-refractivity contribution is -0.184. The van der Waals surface area contributed by atoms with Gasteiger partial charge in [0.05, 0.1) is 31.4 Å². The van der Waals surface area contributed by atoms with E-state index in [1.165, 1.54) is 41.5 Å². The number of nitrogens with one attached hydrogen (secondary N) is 1. The van der Waals surface area contributed by atoms with Crippen LogP contribution in [0, 0.1) is 12.7 Å². The third kappa shape index (κ3) is 7.28. The highest BCUT2D eigenvalue weighted by Crippen LogP contribution is 2.42. The van der Waals surface area contributed by atoms with Crippen molar-refractivity contribution in [2.75, 3.05) is 39.5 Å². The second kappa shape index (κ2) is 14.2. The van der Waals surface area contributed by atoms with E-state index in [2.05, 4.69) is 16.9 Å². The maximum absolute atomic E-state index is 15.7. The molecule has 3 aliphatic heterocycles. The van der Waals surface area contributed by atoms with E-state index in [9.17, 15) is 19.1 Å². The number of aromatic nitrogens is 1. The van der Waals surface area contributed by atoms with Crippen molar-refractivity contribution in [1.82, 2.24) is 20.3 Å². The molecule has 2 aromatic rings. The predicted molar refractivity (Wildman–Crippen MR) is 167 cm³/mol. The van der Waals surface area contributed by atoms with Crippen molar-refractivity contribution in [3.05, 3.63) is 75.7 Å². The van der Waals surface area contributed by atoms with Gasteiger partial charge in [-0.05, 0) is 50.8 Å². The van der Waals surface area contributed by atoms with Crippen LogP contribution in [0.5, 0.6) is 0 Å². The lowest BCUT2D eigenvalue weighted by atomic mass is 9.92. The number of carbonyl (C=O) groups excluding carboxylic acids is 2. The van der Waals surface area contributed by atoms with Gasteiger partial charge in [0.15, 0.2) is 16.4 Å². The number of benzene rings is 1. The third-order valence-corrected chi connectivity index (χ3v) is 9.22. The summed E-state index contributed by atoms with van der Waals surface area (Å²) >= 11 is 1.30. The molecule has 0 saturated carbocycles. The molecule has 0 aliphatic carbocycles. The van der Waals surface area contributed by atoms with Gasteiger partial charge in [0, 0.05) is 30.4 Å². The van der Waals surface area contributed by atoms with Gasteiger partial charge in [-0.2, -0.15) is 5.06 Å². The first kappa shape index (κ1) is 34.7. The zero-order valence-corrected chi connectivity index (χ0v) is 27.2. The molecular weight excluding hydrogens is 639 g/mol. The largest absolute Gasteiger partial charge is 0.463 e. The number of hydrogen-bond acceptors (Lipinski definition) is 12. The Bertz CT molecular complexity index is 1550. The molecule has 0 radical (unpaired) electrons. The number of nitrogens with zero attached hydrogens (tertiary/aromatic N) is 4. The van der Waals surface area contributed by atoms with Crippen molar-refractivity contribution in [1.29, 1.82) is 0 Å². The molecule has 0 amide bonds. The Hall–Kier alpha value is -3.63. The van der Waals surface area contributed by atoms with Crippen LogP contribution in [0.25, 0.3) is 0 Å². The monoisotopic (exact) mass is 677 g/mol. The summed E-state index contributed by atoms with van der Waals surface area (Å²) in [7, 11) is 0. The van der Waals surface area contributed by atoms with E-state index >= 15 is 8.78 Å². The van der Waals surface area contributed by atoms with Crippen LogP contribution in [0.4, 0.5) is 13.2 Å². The summed E-state index contributed by atoms with van der Waals surface area (Å²) in [6.07, 6.45) is 3.12. The SMILES string of the molecule is C=CCOC(=O)C(C)(O)CCCN1OC[C@@H]2[C@H]1C(F)(F)CN2CC1=C(C(=O)OCC)[C@H](c2cccc(F)c2C)N=C(c2nccs2)N1. The van der Waals surface area contributed by atoms with E-state index in [1.807, 2.05) is 0 Å². The first-order chi connectivity index (χ1) is 22.4. The van der Waals surface area contributed by atoms with Crippen LogP contribution in [-0.4, -0.2) is 101 Å². The van der Waals surface area contributed by atoms with Crippen LogP contribution in [0.15, 0.2) is 58.7 Å². The number of likely N-dealkylation sites (tertiary alicyclic amines) is 1. The predicted octanol–water partition coefficient (Wildman–Crippen LogP) is 3.69. The van der Waals surface area contributed by atoms with Crippen molar-refractivity contribution in [3.8, 4) is 0 Å². The minimum absolute atomic E-state index is 0.0328. The molecule has 2 saturated heterocycles. The van der Waals surface area contributed by atoms with Crippen LogP contribution in [0.1, 0.15) is 48.9 Å². The molecule has 47 heavy (non-hydrogen) atoms. The lowest BCUT2D eigenvalue weighted by Crippen LogP contribution is -2.46. The molecule has 0 spiro atoms. The lowest BCUT2D eigenvalue weighted by Gasteiger charge is -2.31. The van der Waals surface area contributed by atoms with Crippen LogP contribution in [0.3, 0.4) is 0 Å². The number of hydroxylamine groups is 2. The van der Waals surface area contributed by atoms with Crippen molar-refractivity contribution in [2.24, 2.45) is 4.99 Å². The van der Waals surface area contributed by atoms with Crippen LogP contribution >= 0.6 is 11.3 Å². The number of hydrogen-bond donors (Lipinski definition) is 2. The highest BCUT2D eigenvalue weighted by Gasteiger charge is 2.60. The maximum atomic E-state index is 15.7. The summed E-state index contributed by atoms with van der Waals surface area (Å²) in [5, 5.41) is 17.2. The molecule has 4 heterocycles. The Balaban J connectivity index is 1.41. The Labute approximate surface area is 274 Å². The number of aliphatic imine (C=N–C) groups is 1. The average Bonchev–Trinajstić information content (AvgIpc) is 3.76. The molecule has 3 aliphatic rings. The number of halogens is 3. The number of aliphatic hydroxyl groups is 1. The van der Waals surface area contributed by atoms with E-state index in [-0.39, 0.29) is 51.3 Å². The summed E-state index contributed by atoms with van der Waals surface area (Å²) in [5.74, 6) is -4.88. The van der Waals surface area contributed by atoms with Gasteiger partial charge in [-0.15, -0.1) is 11.3 Å². The fraction of sp³-hybridized carbons (Fsp3) is 0.500. The molecular formula is C32H38F3N5O6S. The molecule has 1 aromatic carbocycles. The Morgan fingerprint density at radius 1 is 1.34 bits per heavy atom. The van der Waals surface area contributed by atoms with Crippen molar-refractivity contribution >= 4 is 29.1 Å². The van der Waals surface area contributed by atoms with Gasteiger partial charge in [0.25, 0.3) is 5.92 Å². The molecule has 2 fully saturated rings. The zero-order valence-electron chi connectivity index (χ0n) is 26.4. The second-order valence-corrected chi connectivity index (χ2v) is 12.7. The molecule has 254 valence electrons. The number of esters is 2. The normalized spacial score (nSPS) is 23.9. The Morgan fingerprint density at radius 3 is 2.83 bits per heavy atom. The van der Waals surface area contributed by atoms with Crippen molar-refractivity contribution in [2.45, 2.75) is 63.3 Å². The van der Waals surface area contributed by atoms with Gasteiger partial charge < -0.3 is 19.9 Å². The molecule has 1 aromatic heterocycles. The first-order valence-corrected chi connectivity index (χ1v) is 16.2. The zero-order chi connectivity index (χ0) is 33.9. The minimum Gasteiger partial charge on any atom is -0.463 e. The van der Waals surface area contributed by atoms with Crippen LogP contribution in [0.2, 0.25) is 0 Å². The molecule has 1 unspecified atom stereocenters. The fourth-order valence-corrected chi connectivity index (χ4v) is 6.72. The smallest absolute Gasteiger partial charge is 0.338 e. The topological polar surface area (TPSA) is 126 Å². The average molecular weight is 678 g/mol. The van der Waals surface area contributed by atoms with E-state index in [1.54, 1.807) is 36.4 Å². The van der Waals surface area contributed by atoms with E-state index in [0.29, 0.717) is 27.7 Å². The minimum atomic E-state index is -3.20. The van der Waals surface area contributed by atoms with Crippen LogP contribution in [-0.2, 0) is 23.9 Å². The van der Waals surface area contributed by atoms with Gasteiger partial charge in [0.2, 0.25) is 0 Å². The summed E-state index contributed by atoms with van der Waals surface area (Å²) < 4.78 is 56.5. The quantitative estimate of drug-likeness (QED) is 0.240. The Kier molecular flexibility index (Phi) is 10.5. The molecule has 15 heteroatoms. The van der Waals surface area contributed by atoms with Crippen molar-refractivity contribution < 1.29 is 42.2 Å². The molecule has 0 bridgehead atoms. The highest BCUT2D eigenvalue weighted by atomic mass is 32.1. The fourth-order valence-electron chi connectivity index (χ4n) is 6.13. The summed E-state index contributed by atoms with van der Waals surface area (Å²) in [6, 6.07) is 1.46. The molecule has 2 N–H and O–H groups in total. The van der Waals surface area contributed by atoms with Crippen molar-refractivity contribution in [3.63, 3.8) is 0 Å². The van der Waals surface area contributed by atoms with Gasteiger partial charge in [0.1, 0.15) is 24.5 Å². The van der Waals surface area contributed by atoms with Crippen LogP contribution < -0.4 is 5.32 Å². The number of alkyl halides is 2. The number of thiazole rings is 1.